The molecule has 2 aromatic carbocycles. The maximum atomic E-state index is 13.8. The standard InChI is InChI=1S/C19H21FN2O4/c1-3-22(11-13-4-9-17(25-2)16(20)10-13)18(23)12-26-15-7-5-14(6-8-15)19(21)24/h4-10H,3,11-12H2,1-2H3,(H2,21,24). The van der Waals surface area contributed by atoms with Crippen LogP contribution >= 0.6 is 0 Å². The summed E-state index contributed by atoms with van der Waals surface area (Å²) in [7, 11) is 1.40. The van der Waals surface area contributed by atoms with E-state index in [1.54, 1.807) is 23.1 Å². The Labute approximate surface area is 151 Å². The molecule has 26 heavy (non-hydrogen) atoms. The highest BCUT2D eigenvalue weighted by Crippen LogP contribution is 2.19. The van der Waals surface area contributed by atoms with E-state index in [0.29, 0.717) is 23.4 Å². The number of halogens is 1. The number of carbonyl (C=O) groups is 2. The summed E-state index contributed by atoms with van der Waals surface area (Å²) in [4.78, 5) is 24.9. The van der Waals surface area contributed by atoms with Gasteiger partial charge in [-0.15, -0.1) is 0 Å². The fourth-order valence-electron chi connectivity index (χ4n) is 2.36. The number of ether oxygens (including phenoxy) is 2. The lowest BCUT2D eigenvalue weighted by Crippen LogP contribution is -2.34. The second kappa shape index (κ2) is 8.84. The van der Waals surface area contributed by atoms with E-state index in [-0.39, 0.29) is 24.8 Å². The predicted molar refractivity (Wildman–Crippen MR) is 94.5 cm³/mol. The molecular weight excluding hydrogens is 339 g/mol. The van der Waals surface area contributed by atoms with Gasteiger partial charge in [0.25, 0.3) is 5.91 Å². The third-order valence-corrected chi connectivity index (χ3v) is 3.83. The van der Waals surface area contributed by atoms with Crippen molar-refractivity contribution in [2.24, 2.45) is 5.73 Å². The average molecular weight is 360 g/mol. The van der Waals surface area contributed by atoms with Crippen molar-refractivity contribution in [3.63, 3.8) is 0 Å². The SMILES string of the molecule is CCN(Cc1ccc(OC)c(F)c1)C(=O)COc1ccc(C(N)=O)cc1. The van der Waals surface area contributed by atoms with Crippen LogP contribution in [0.15, 0.2) is 42.5 Å². The molecule has 0 fully saturated rings. The molecule has 0 saturated carbocycles. The third-order valence-electron chi connectivity index (χ3n) is 3.83. The maximum absolute atomic E-state index is 13.8. The van der Waals surface area contributed by atoms with E-state index >= 15 is 0 Å². The van der Waals surface area contributed by atoms with Gasteiger partial charge in [0, 0.05) is 18.7 Å². The molecule has 0 unspecified atom stereocenters. The van der Waals surface area contributed by atoms with Crippen molar-refractivity contribution in [1.29, 1.82) is 0 Å². The molecule has 2 aromatic rings. The smallest absolute Gasteiger partial charge is 0.260 e. The van der Waals surface area contributed by atoms with Crippen LogP contribution in [0.1, 0.15) is 22.8 Å². The summed E-state index contributed by atoms with van der Waals surface area (Å²) < 4.78 is 24.1. The van der Waals surface area contributed by atoms with E-state index in [2.05, 4.69) is 0 Å². The Morgan fingerprint density at radius 2 is 1.85 bits per heavy atom. The Bertz CT molecular complexity index is 778. The number of hydrogen-bond acceptors (Lipinski definition) is 4. The lowest BCUT2D eigenvalue weighted by Gasteiger charge is -2.21. The summed E-state index contributed by atoms with van der Waals surface area (Å²) in [6.07, 6.45) is 0. The van der Waals surface area contributed by atoms with E-state index < -0.39 is 11.7 Å². The molecule has 0 radical (unpaired) electrons. The van der Waals surface area contributed by atoms with E-state index in [0.717, 1.165) is 0 Å². The van der Waals surface area contributed by atoms with Crippen molar-refractivity contribution < 1.29 is 23.5 Å². The highest BCUT2D eigenvalue weighted by molar-refractivity contribution is 5.92. The molecule has 0 atom stereocenters. The van der Waals surface area contributed by atoms with Crippen LogP contribution in [0.5, 0.6) is 11.5 Å². The van der Waals surface area contributed by atoms with Gasteiger partial charge in [-0.25, -0.2) is 4.39 Å². The van der Waals surface area contributed by atoms with E-state index in [9.17, 15) is 14.0 Å². The number of likely N-dealkylation sites (N-methyl/N-ethyl adjacent to an activating group) is 1. The van der Waals surface area contributed by atoms with Crippen molar-refractivity contribution in [2.75, 3.05) is 20.3 Å². The minimum Gasteiger partial charge on any atom is -0.494 e. The second-order valence-corrected chi connectivity index (χ2v) is 5.55. The van der Waals surface area contributed by atoms with Gasteiger partial charge < -0.3 is 20.1 Å². The van der Waals surface area contributed by atoms with Crippen molar-refractivity contribution in [3.8, 4) is 11.5 Å². The summed E-state index contributed by atoms with van der Waals surface area (Å²) >= 11 is 0. The molecule has 0 heterocycles. The zero-order chi connectivity index (χ0) is 19.1. The van der Waals surface area contributed by atoms with Gasteiger partial charge in [-0.2, -0.15) is 0 Å². The summed E-state index contributed by atoms with van der Waals surface area (Å²) in [6.45, 7) is 2.39. The summed E-state index contributed by atoms with van der Waals surface area (Å²) in [5, 5.41) is 0. The van der Waals surface area contributed by atoms with Gasteiger partial charge in [-0.3, -0.25) is 9.59 Å². The van der Waals surface area contributed by atoms with Gasteiger partial charge in [0.1, 0.15) is 5.75 Å². The van der Waals surface area contributed by atoms with Crippen LogP contribution in [0, 0.1) is 5.82 Å². The first-order valence-electron chi connectivity index (χ1n) is 8.07. The first-order valence-corrected chi connectivity index (χ1v) is 8.07. The monoisotopic (exact) mass is 360 g/mol. The topological polar surface area (TPSA) is 81.9 Å². The first-order chi connectivity index (χ1) is 12.4. The van der Waals surface area contributed by atoms with Crippen LogP contribution in [-0.4, -0.2) is 37.0 Å². The van der Waals surface area contributed by atoms with E-state index in [1.165, 1.54) is 31.4 Å². The van der Waals surface area contributed by atoms with Gasteiger partial charge in [0.05, 0.1) is 7.11 Å². The largest absolute Gasteiger partial charge is 0.494 e. The fourth-order valence-corrected chi connectivity index (χ4v) is 2.36. The van der Waals surface area contributed by atoms with Gasteiger partial charge in [-0.05, 0) is 48.9 Å². The van der Waals surface area contributed by atoms with E-state index in [1.807, 2.05) is 6.92 Å². The summed E-state index contributed by atoms with van der Waals surface area (Å²) in [5.74, 6) is -0.626. The van der Waals surface area contributed by atoms with Gasteiger partial charge in [0.2, 0.25) is 5.91 Å². The number of benzene rings is 2. The zero-order valence-corrected chi connectivity index (χ0v) is 14.7. The molecule has 6 nitrogen and oxygen atoms in total. The highest BCUT2D eigenvalue weighted by Gasteiger charge is 2.14. The van der Waals surface area contributed by atoms with Crippen LogP contribution in [0.4, 0.5) is 4.39 Å². The second-order valence-electron chi connectivity index (χ2n) is 5.55. The van der Waals surface area contributed by atoms with Gasteiger partial charge in [0.15, 0.2) is 18.2 Å². The molecular formula is C19H21FN2O4. The molecule has 2 N–H and O–H groups in total. The Balaban J connectivity index is 1.95. The lowest BCUT2D eigenvalue weighted by molar-refractivity contribution is -0.133. The van der Waals surface area contributed by atoms with Crippen LogP contribution < -0.4 is 15.2 Å². The van der Waals surface area contributed by atoms with Crippen molar-refractivity contribution in [1.82, 2.24) is 4.90 Å². The van der Waals surface area contributed by atoms with Gasteiger partial charge >= 0.3 is 0 Å². The Morgan fingerprint density at radius 1 is 1.15 bits per heavy atom. The number of primary amides is 1. The minimum absolute atomic E-state index is 0.158. The predicted octanol–water partition coefficient (Wildman–Crippen LogP) is 2.36. The summed E-state index contributed by atoms with van der Waals surface area (Å²) in [6, 6.07) is 10.8. The normalized spacial score (nSPS) is 10.3. The molecule has 2 amide bonds. The molecule has 0 aliphatic carbocycles. The molecule has 0 spiro atoms. The van der Waals surface area contributed by atoms with Crippen LogP contribution in [-0.2, 0) is 11.3 Å². The number of carbonyl (C=O) groups excluding carboxylic acids is 2. The van der Waals surface area contributed by atoms with Crippen LogP contribution in [0.25, 0.3) is 0 Å². The van der Waals surface area contributed by atoms with Crippen molar-refractivity contribution >= 4 is 11.8 Å². The number of rotatable bonds is 8. The molecule has 138 valence electrons. The Kier molecular flexibility index (Phi) is 6.54. The molecule has 0 aromatic heterocycles. The highest BCUT2D eigenvalue weighted by atomic mass is 19.1. The number of nitrogens with two attached hydrogens (primary N) is 1. The van der Waals surface area contributed by atoms with Gasteiger partial charge in [-0.1, -0.05) is 6.07 Å². The Morgan fingerprint density at radius 3 is 2.38 bits per heavy atom. The van der Waals surface area contributed by atoms with Crippen molar-refractivity contribution in [2.45, 2.75) is 13.5 Å². The number of amides is 2. The molecule has 2 rings (SSSR count). The molecule has 0 saturated heterocycles. The third kappa shape index (κ3) is 4.95. The minimum atomic E-state index is -0.531. The first kappa shape index (κ1) is 19.2. The zero-order valence-electron chi connectivity index (χ0n) is 14.7. The van der Waals surface area contributed by atoms with Crippen molar-refractivity contribution in [3.05, 3.63) is 59.4 Å². The lowest BCUT2D eigenvalue weighted by atomic mass is 10.2. The quantitative estimate of drug-likeness (QED) is 0.783. The number of methoxy groups -OCH3 is 1. The molecule has 7 heteroatoms. The molecule has 0 bridgehead atoms. The number of nitrogens with zero attached hydrogens (tertiary/aromatic N) is 1. The van der Waals surface area contributed by atoms with E-state index in [4.69, 9.17) is 15.2 Å². The molecule has 0 aliphatic rings. The average Bonchev–Trinajstić information content (AvgIpc) is 2.64. The maximum Gasteiger partial charge on any atom is 0.260 e. The van der Waals surface area contributed by atoms with Crippen LogP contribution in [0.3, 0.4) is 0 Å². The summed E-state index contributed by atoms with van der Waals surface area (Å²) in [5.41, 5.74) is 6.19. The van der Waals surface area contributed by atoms with Crippen LogP contribution in [0.2, 0.25) is 0 Å². The Hall–Kier alpha value is -3.09. The molecule has 0 aliphatic heterocycles. The fraction of sp³-hybridized carbons (Fsp3) is 0.263. The number of hydrogen-bond donors (Lipinski definition) is 1.